The summed E-state index contributed by atoms with van der Waals surface area (Å²) in [6.45, 7) is 3.07. The maximum Gasteiger partial charge on any atom is 0.0540 e. The van der Waals surface area contributed by atoms with Crippen molar-refractivity contribution in [1.82, 2.24) is 0 Å². The Morgan fingerprint density at radius 1 is 1.29 bits per heavy atom. The fraction of sp³-hybridized carbons (Fsp3) is 0.571. The lowest BCUT2D eigenvalue weighted by Gasteiger charge is -2.26. The molecule has 0 aromatic heterocycles. The standard InChI is InChI=1S/C14H22N2O/c1-10-2-5-12(15)8-14(10)16-9-11-3-6-13(17)7-4-11/h2,5,8,11,13,16-17H,3-4,6-7,9,15H2,1H3. The quantitative estimate of drug-likeness (QED) is 0.704. The van der Waals surface area contributed by atoms with Crippen LogP contribution in [0.2, 0.25) is 0 Å². The Morgan fingerprint density at radius 2 is 2.00 bits per heavy atom. The van der Waals surface area contributed by atoms with Crippen molar-refractivity contribution in [2.24, 2.45) is 5.92 Å². The van der Waals surface area contributed by atoms with E-state index in [-0.39, 0.29) is 6.10 Å². The van der Waals surface area contributed by atoms with Gasteiger partial charge in [-0.05, 0) is 56.2 Å². The van der Waals surface area contributed by atoms with Gasteiger partial charge in [-0.15, -0.1) is 0 Å². The summed E-state index contributed by atoms with van der Waals surface area (Å²) >= 11 is 0. The number of nitrogens with two attached hydrogens (primary N) is 1. The van der Waals surface area contributed by atoms with Crippen LogP contribution in [-0.2, 0) is 0 Å². The second-order valence-corrected chi connectivity index (χ2v) is 5.13. The van der Waals surface area contributed by atoms with Crippen molar-refractivity contribution in [2.45, 2.75) is 38.7 Å². The number of nitrogen functional groups attached to an aromatic ring is 1. The molecule has 2 rings (SSSR count). The van der Waals surface area contributed by atoms with Crippen LogP contribution in [-0.4, -0.2) is 17.8 Å². The van der Waals surface area contributed by atoms with Gasteiger partial charge in [-0.3, -0.25) is 0 Å². The molecule has 1 fully saturated rings. The highest BCUT2D eigenvalue weighted by molar-refractivity contribution is 5.59. The van der Waals surface area contributed by atoms with E-state index in [1.807, 2.05) is 18.2 Å². The van der Waals surface area contributed by atoms with E-state index in [4.69, 9.17) is 5.73 Å². The zero-order valence-electron chi connectivity index (χ0n) is 10.4. The third kappa shape index (κ3) is 3.37. The Bertz CT molecular complexity index is 370. The number of anilines is 2. The summed E-state index contributed by atoms with van der Waals surface area (Å²) < 4.78 is 0. The molecule has 0 spiro atoms. The molecule has 0 aliphatic heterocycles. The van der Waals surface area contributed by atoms with Crippen LogP contribution in [0.5, 0.6) is 0 Å². The van der Waals surface area contributed by atoms with Crippen LogP contribution in [0.4, 0.5) is 11.4 Å². The molecule has 1 saturated carbocycles. The minimum atomic E-state index is -0.0691. The fourth-order valence-electron chi connectivity index (χ4n) is 2.43. The van der Waals surface area contributed by atoms with E-state index in [0.29, 0.717) is 5.92 Å². The van der Waals surface area contributed by atoms with Crippen LogP contribution in [0, 0.1) is 12.8 Å². The van der Waals surface area contributed by atoms with Gasteiger partial charge in [-0.25, -0.2) is 0 Å². The molecule has 0 unspecified atom stereocenters. The maximum absolute atomic E-state index is 9.46. The van der Waals surface area contributed by atoms with Gasteiger partial charge in [0.2, 0.25) is 0 Å². The number of nitrogens with one attached hydrogen (secondary N) is 1. The van der Waals surface area contributed by atoms with Crippen LogP contribution < -0.4 is 11.1 Å². The average molecular weight is 234 g/mol. The van der Waals surface area contributed by atoms with Crippen LogP contribution in [0.15, 0.2) is 18.2 Å². The predicted molar refractivity (Wildman–Crippen MR) is 72.0 cm³/mol. The van der Waals surface area contributed by atoms with Gasteiger partial charge in [0.25, 0.3) is 0 Å². The highest BCUT2D eigenvalue weighted by atomic mass is 16.3. The van der Waals surface area contributed by atoms with Crippen LogP contribution in [0.3, 0.4) is 0 Å². The van der Waals surface area contributed by atoms with Crippen molar-refractivity contribution in [2.75, 3.05) is 17.6 Å². The Labute approximate surface area is 103 Å². The molecule has 1 aromatic carbocycles. The molecule has 4 N–H and O–H groups in total. The third-order valence-corrected chi connectivity index (χ3v) is 3.66. The second kappa shape index (κ2) is 5.41. The highest BCUT2D eigenvalue weighted by Crippen LogP contribution is 2.25. The van der Waals surface area contributed by atoms with E-state index in [9.17, 15) is 5.11 Å². The molecule has 1 aromatic rings. The first-order valence-corrected chi connectivity index (χ1v) is 6.43. The van der Waals surface area contributed by atoms with Gasteiger partial charge in [-0.2, -0.15) is 0 Å². The fourth-order valence-corrected chi connectivity index (χ4v) is 2.43. The molecular formula is C14H22N2O. The van der Waals surface area contributed by atoms with Crippen LogP contribution in [0.25, 0.3) is 0 Å². The summed E-state index contributed by atoms with van der Waals surface area (Å²) in [6, 6.07) is 5.97. The Balaban J connectivity index is 1.87. The minimum absolute atomic E-state index is 0.0691. The summed E-state index contributed by atoms with van der Waals surface area (Å²) in [5.41, 5.74) is 8.95. The van der Waals surface area contributed by atoms with E-state index in [0.717, 1.165) is 43.6 Å². The van der Waals surface area contributed by atoms with E-state index >= 15 is 0 Å². The predicted octanol–water partition coefficient (Wildman–Crippen LogP) is 2.54. The number of aryl methyl sites for hydroxylation is 1. The number of hydrogen-bond donors (Lipinski definition) is 3. The van der Waals surface area contributed by atoms with Gasteiger partial charge in [-0.1, -0.05) is 6.07 Å². The van der Waals surface area contributed by atoms with Crippen molar-refractivity contribution in [3.05, 3.63) is 23.8 Å². The first-order chi connectivity index (χ1) is 8.15. The largest absolute Gasteiger partial charge is 0.399 e. The Kier molecular flexibility index (Phi) is 3.89. The zero-order valence-corrected chi connectivity index (χ0v) is 10.4. The number of aliphatic hydroxyl groups excluding tert-OH is 1. The molecule has 0 heterocycles. The number of rotatable bonds is 3. The van der Waals surface area contributed by atoms with Crippen molar-refractivity contribution in [1.29, 1.82) is 0 Å². The number of aliphatic hydroxyl groups is 1. The average Bonchev–Trinajstić information content (AvgIpc) is 2.32. The molecule has 0 radical (unpaired) electrons. The Hall–Kier alpha value is -1.22. The van der Waals surface area contributed by atoms with Gasteiger partial charge < -0.3 is 16.2 Å². The lowest BCUT2D eigenvalue weighted by atomic mass is 9.87. The van der Waals surface area contributed by atoms with E-state index in [2.05, 4.69) is 12.2 Å². The lowest BCUT2D eigenvalue weighted by molar-refractivity contribution is 0.111. The van der Waals surface area contributed by atoms with Crippen molar-refractivity contribution < 1.29 is 5.11 Å². The molecule has 0 atom stereocenters. The first-order valence-electron chi connectivity index (χ1n) is 6.43. The highest BCUT2D eigenvalue weighted by Gasteiger charge is 2.19. The summed E-state index contributed by atoms with van der Waals surface area (Å²) in [5.74, 6) is 0.680. The number of benzene rings is 1. The zero-order chi connectivity index (χ0) is 12.3. The molecule has 1 aliphatic carbocycles. The molecule has 0 saturated heterocycles. The molecule has 0 bridgehead atoms. The number of hydrogen-bond acceptors (Lipinski definition) is 3. The third-order valence-electron chi connectivity index (χ3n) is 3.66. The summed E-state index contributed by atoms with van der Waals surface area (Å²) in [4.78, 5) is 0. The van der Waals surface area contributed by atoms with E-state index < -0.39 is 0 Å². The van der Waals surface area contributed by atoms with Gasteiger partial charge in [0.05, 0.1) is 6.10 Å². The lowest BCUT2D eigenvalue weighted by Crippen LogP contribution is -2.23. The van der Waals surface area contributed by atoms with Crippen LogP contribution >= 0.6 is 0 Å². The molecule has 3 nitrogen and oxygen atoms in total. The smallest absolute Gasteiger partial charge is 0.0540 e. The molecule has 1 aliphatic rings. The second-order valence-electron chi connectivity index (χ2n) is 5.13. The molecule has 17 heavy (non-hydrogen) atoms. The topological polar surface area (TPSA) is 58.3 Å². The van der Waals surface area contributed by atoms with Crippen LogP contribution in [0.1, 0.15) is 31.2 Å². The molecule has 3 heteroatoms. The first kappa shape index (κ1) is 12.2. The minimum Gasteiger partial charge on any atom is -0.399 e. The van der Waals surface area contributed by atoms with Crippen molar-refractivity contribution >= 4 is 11.4 Å². The van der Waals surface area contributed by atoms with Crippen molar-refractivity contribution in [3.8, 4) is 0 Å². The summed E-state index contributed by atoms with van der Waals surface area (Å²) in [6.07, 6.45) is 4.07. The normalized spacial score (nSPS) is 24.6. The van der Waals surface area contributed by atoms with Gasteiger partial charge >= 0.3 is 0 Å². The molecule has 94 valence electrons. The monoisotopic (exact) mass is 234 g/mol. The van der Waals surface area contributed by atoms with Gasteiger partial charge in [0.1, 0.15) is 0 Å². The molecular weight excluding hydrogens is 212 g/mol. The maximum atomic E-state index is 9.46. The van der Waals surface area contributed by atoms with Crippen molar-refractivity contribution in [3.63, 3.8) is 0 Å². The van der Waals surface area contributed by atoms with Gasteiger partial charge in [0, 0.05) is 17.9 Å². The Morgan fingerprint density at radius 3 is 2.71 bits per heavy atom. The SMILES string of the molecule is Cc1ccc(N)cc1NCC1CCC(O)CC1. The molecule has 0 amide bonds. The van der Waals surface area contributed by atoms with Gasteiger partial charge in [0.15, 0.2) is 0 Å². The summed E-state index contributed by atoms with van der Waals surface area (Å²) in [5, 5.41) is 12.9. The summed E-state index contributed by atoms with van der Waals surface area (Å²) in [7, 11) is 0. The van der Waals surface area contributed by atoms with E-state index in [1.165, 1.54) is 5.56 Å². The van der Waals surface area contributed by atoms with E-state index in [1.54, 1.807) is 0 Å².